The van der Waals surface area contributed by atoms with Crippen LogP contribution in [-0.4, -0.2) is 28.7 Å². The van der Waals surface area contributed by atoms with Crippen LogP contribution in [0.15, 0.2) is 16.7 Å². The zero-order valence-electron chi connectivity index (χ0n) is 10.5. The molecule has 92 valence electrons. The second-order valence-corrected chi connectivity index (χ2v) is 5.36. The maximum atomic E-state index is 5.25. The van der Waals surface area contributed by atoms with Gasteiger partial charge in [0.2, 0.25) is 0 Å². The Bertz CT molecular complexity index is 424. The summed E-state index contributed by atoms with van der Waals surface area (Å²) in [6.07, 6.45) is 11.1. The summed E-state index contributed by atoms with van der Waals surface area (Å²) in [6.45, 7) is 4.49. The van der Waals surface area contributed by atoms with Gasteiger partial charge < -0.3 is 4.52 Å². The van der Waals surface area contributed by atoms with Crippen LogP contribution in [0.2, 0.25) is 0 Å². The number of nitrogens with zero attached hydrogens (tertiary/aromatic N) is 2. The molecular weight excluding hydrogens is 212 g/mol. The van der Waals surface area contributed by atoms with Crippen LogP contribution in [0.3, 0.4) is 0 Å². The average molecular weight is 232 g/mol. The molecule has 1 unspecified atom stereocenters. The van der Waals surface area contributed by atoms with Crippen molar-refractivity contribution in [2.24, 2.45) is 0 Å². The van der Waals surface area contributed by atoms with Crippen LogP contribution < -0.4 is 0 Å². The van der Waals surface area contributed by atoms with Crippen LogP contribution in [-0.2, 0) is 0 Å². The van der Waals surface area contributed by atoms with Crippen molar-refractivity contribution in [2.45, 2.75) is 44.6 Å². The minimum atomic E-state index is 0.318. The highest BCUT2D eigenvalue weighted by molar-refractivity contribution is 5.45. The zero-order chi connectivity index (χ0) is 11.7. The Kier molecular flexibility index (Phi) is 2.79. The number of fused-ring (bicyclic) bond motifs is 1. The van der Waals surface area contributed by atoms with E-state index in [-0.39, 0.29) is 0 Å². The van der Waals surface area contributed by atoms with Crippen molar-refractivity contribution in [3.8, 4) is 0 Å². The summed E-state index contributed by atoms with van der Waals surface area (Å²) in [4.78, 5) is 2.65. The van der Waals surface area contributed by atoms with Gasteiger partial charge in [-0.2, -0.15) is 0 Å². The van der Waals surface area contributed by atoms with Gasteiger partial charge in [-0.15, -0.1) is 0 Å². The molecular formula is C14H20N2O. The van der Waals surface area contributed by atoms with E-state index in [0.29, 0.717) is 5.54 Å². The van der Waals surface area contributed by atoms with E-state index in [1.807, 2.05) is 13.0 Å². The summed E-state index contributed by atoms with van der Waals surface area (Å²) in [5.41, 5.74) is 1.27. The number of hydrogen-bond donors (Lipinski definition) is 0. The first-order valence-electron chi connectivity index (χ1n) is 6.66. The molecule has 2 aliphatic heterocycles. The van der Waals surface area contributed by atoms with Crippen molar-refractivity contribution in [2.75, 3.05) is 13.1 Å². The highest BCUT2D eigenvalue weighted by Gasteiger charge is 2.39. The summed E-state index contributed by atoms with van der Waals surface area (Å²) in [6, 6.07) is 2.00. The fourth-order valence-electron chi connectivity index (χ4n) is 3.28. The number of rotatable bonds is 2. The molecule has 3 heteroatoms. The van der Waals surface area contributed by atoms with Gasteiger partial charge in [-0.25, -0.2) is 0 Å². The maximum Gasteiger partial charge on any atom is 0.159 e. The first-order chi connectivity index (χ1) is 8.28. The van der Waals surface area contributed by atoms with E-state index in [2.05, 4.69) is 22.2 Å². The van der Waals surface area contributed by atoms with E-state index < -0.39 is 0 Å². The molecule has 0 radical (unpaired) electrons. The largest absolute Gasteiger partial charge is 0.357 e. The fraction of sp³-hybridized carbons (Fsp3) is 0.643. The second kappa shape index (κ2) is 4.30. The summed E-state index contributed by atoms with van der Waals surface area (Å²) in [5.74, 6) is 0.884. The first-order valence-corrected chi connectivity index (χ1v) is 6.66. The van der Waals surface area contributed by atoms with Gasteiger partial charge >= 0.3 is 0 Å². The number of aromatic nitrogens is 1. The Labute approximate surface area is 102 Å². The van der Waals surface area contributed by atoms with Crippen molar-refractivity contribution >= 4 is 6.08 Å². The predicted octanol–water partition coefficient (Wildman–Crippen LogP) is 3.01. The molecule has 3 heterocycles. The number of hydrogen-bond acceptors (Lipinski definition) is 3. The average Bonchev–Trinajstić information content (AvgIpc) is 2.93. The minimum absolute atomic E-state index is 0.318. The normalized spacial score (nSPS) is 29.9. The summed E-state index contributed by atoms with van der Waals surface area (Å²) >= 11 is 0. The van der Waals surface area contributed by atoms with E-state index in [1.165, 1.54) is 45.2 Å². The predicted molar refractivity (Wildman–Crippen MR) is 67.7 cm³/mol. The second-order valence-electron chi connectivity index (χ2n) is 5.36. The molecule has 0 aromatic carbocycles. The van der Waals surface area contributed by atoms with Crippen LogP contribution in [0.4, 0.5) is 0 Å². The Morgan fingerprint density at radius 3 is 2.94 bits per heavy atom. The molecule has 2 saturated heterocycles. The van der Waals surface area contributed by atoms with Crippen LogP contribution in [0.1, 0.15) is 43.6 Å². The molecule has 1 atom stereocenters. The lowest BCUT2D eigenvalue weighted by molar-refractivity contribution is 0.134. The summed E-state index contributed by atoms with van der Waals surface area (Å²) < 4.78 is 5.25. The molecule has 3 nitrogen and oxygen atoms in total. The standard InChI is InChI=1S/C14H20N2O/c1-12-11-13(17-15-12)5-8-14-6-2-3-9-16(14)10-4-7-14/h5,8,11H,2-4,6-7,9-10H2,1H3. The lowest BCUT2D eigenvalue weighted by atomic mass is 9.86. The van der Waals surface area contributed by atoms with E-state index in [0.717, 1.165) is 11.5 Å². The lowest BCUT2D eigenvalue weighted by Crippen LogP contribution is -2.45. The van der Waals surface area contributed by atoms with Gasteiger partial charge in [0.25, 0.3) is 0 Å². The fourth-order valence-corrected chi connectivity index (χ4v) is 3.28. The molecule has 2 aliphatic rings. The summed E-state index contributed by atoms with van der Waals surface area (Å²) in [5, 5.41) is 3.92. The van der Waals surface area contributed by atoms with Gasteiger partial charge in [-0.1, -0.05) is 17.7 Å². The number of aryl methyl sites for hydroxylation is 1. The molecule has 0 bridgehead atoms. The van der Waals surface area contributed by atoms with E-state index >= 15 is 0 Å². The summed E-state index contributed by atoms with van der Waals surface area (Å²) in [7, 11) is 0. The lowest BCUT2D eigenvalue weighted by Gasteiger charge is -2.40. The van der Waals surface area contributed by atoms with Crippen LogP contribution >= 0.6 is 0 Å². The van der Waals surface area contributed by atoms with Gasteiger partial charge in [-0.05, 0) is 51.8 Å². The Morgan fingerprint density at radius 1 is 1.29 bits per heavy atom. The van der Waals surface area contributed by atoms with Gasteiger partial charge in [0.05, 0.1) is 5.69 Å². The van der Waals surface area contributed by atoms with Gasteiger partial charge in [-0.3, -0.25) is 4.90 Å². The van der Waals surface area contributed by atoms with Crippen LogP contribution in [0.25, 0.3) is 6.08 Å². The van der Waals surface area contributed by atoms with Crippen molar-refractivity contribution < 1.29 is 4.52 Å². The third-order valence-corrected chi connectivity index (χ3v) is 4.16. The molecule has 2 fully saturated rings. The Balaban J connectivity index is 1.80. The van der Waals surface area contributed by atoms with E-state index in [4.69, 9.17) is 4.52 Å². The SMILES string of the molecule is Cc1cc(C=CC23CCCCN2CCC3)on1. The van der Waals surface area contributed by atoms with E-state index in [9.17, 15) is 0 Å². The molecule has 0 N–H and O–H groups in total. The van der Waals surface area contributed by atoms with Gasteiger partial charge in [0.15, 0.2) is 5.76 Å². The Morgan fingerprint density at radius 2 is 2.12 bits per heavy atom. The van der Waals surface area contributed by atoms with Crippen molar-refractivity contribution in [1.29, 1.82) is 0 Å². The maximum absolute atomic E-state index is 5.25. The van der Waals surface area contributed by atoms with Gasteiger partial charge in [0.1, 0.15) is 0 Å². The Hall–Kier alpha value is -1.09. The molecule has 1 aromatic heterocycles. The van der Waals surface area contributed by atoms with Crippen molar-refractivity contribution in [1.82, 2.24) is 10.1 Å². The van der Waals surface area contributed by atoms with Crippen LogP contribution in [0.5, 0.6) is 0 Å². The monoisotopic (exact) mass is 232 g/mol. The quantitative estimate of drug-likeness (QED) is 0.785. The number of piperidine rings is 1. The molecule has 1 aromatic rings. The molecule has 0 spiro atoms. The topological polar surface area (TPSA) is 29.3 Å². The van der Waals surface area contributed by atoms with Crippen molar-refractivity contribution in [3.63, 3.8) is 0 Å². The molecule has 0 amide bonds. The van der Waals surface area contributed by atoms with Crippen LogP contribution in [0, 0.1) is 6.92 Å². The third kappa shape index (κ3) is 2.04. The van der Waals surface area contributed by atoms with E-state index in [1.54, 1.807) is 0 Å². The molecule has 0 saturated carbocycles. The molecule has 17 heavy (non-hydrogen) atoms. The zero-order valence-corrected chi connectivity index (χ0v) is 10.5. The highest BCUT2D eigenvalue weighted by atomic mass is 16.5. The third-order valence-electron chi connectivity index (χ3n) is 4.16. The van der Waals surface area contributed by atoms with Crippen molar-refractivity contribution in [3.05, 3.63) is 23.6 Å². The first kappa shape index (κ1) is 11.0. The smallest absolute Gasteiger partial charge is 0.159 e. The molecule has 0 aliphatic carbocycles. The highest BCUT2D eigenvalue weighted by Crippen LogP contribution is 2.39. The minimum Gasteiger partial charge on any atom is -0.357 e. The molecule has 3 rings (SSSR count). The van der Waals surface area contributed by atoms with Gasteiger partial charge in [0, 0.05) is 11.6 Å².